The lowest BCUT2D eigenvalue weighted by molar-refractivity contribution is 0.590. The van der Waals surface area contributed by atoms with E-state index in [-0.39, 0.29) is 5.41 Å². The van der Waals surface area contributed by atoms with E-state index in [9.17, 15) is 0 Å². The first-order valence-electron chi connectivity index (χ1n) is 20.0. The summed E-state index contributed by atoms with van der Waals surface area (Å²) in [6.45, 7) is 6.79. The Hall–Kier alpha value is -6.34. The Morgan fingerprint density at radius 1 is 0.534 bits per heavy atom. The van der Waals surface area contributed by atoms with Crippen LogP contribution in [0.5, 0.6) is 0 Å². The van der Waals surface area contributed by atoms with E-state index in [4.69, 9.17) is 4.42 Å². The molecule has 3 nitrogen and oxygen atoms in total. The molecule has 1 aliphatic heterocycles. The summed E-state index contributed by atoms with van der Waals surface area (Å²) in [5.74, 6) is 0. The molecule has 0 aliphatic carbocycles. The van der Waals surface area contributed by atoms with Gasteiger partial charge in [0.15, 0.2) is 7.28 Å². The maximum atomic E-state index is 6.51. The molecule has 0 atom stereocenters. The van der Waals surface area contributed by atoms with Gasteiger partial charge in [0.25, 0.3) is 0 Å². The number of furan rings is 1. The van der Waals surface area contributed by atoms with Crippen LogP contribution >= 0.6 is 22.7 Å². The quantitative estimate of drug-likeness (QED) is 0.181. The zero-order valence-electron chi connectivity index (χ0n) is 32.2. The second-order valence-electron chi connectivity index (χ2n) is 17.0. The van der Waals surface area contributed by atoms with Crippen LogP contribution < -0.4 is 16.2 Å². The molecule has 274 valence electrons. The summed E-state index contributed by atoms with van der Waals surface area (Å²) in [4.78, 5) is 0. The molecule has 13 rings (SSSR count). The van der Waals surface area contributed by atoms with Gasteiger partial charge in [-0.05, 0) is 82.7 Å². The second-order valence-corrected chi connectivity index (χ2v) is 19.2. The summed E-state index contributed by atoms with van der Waals surface area (Å²) < 4.78 is 14.5. The first kappa shape index (κ1) is 32.7. The lowest BCUT2D eigenvalue weighted by Crippen LogP contribution is -2.37. The molecule has 6 heteroatoms. The minimum Gasteiger partial charge on any atom is -0.456 e. The number of anilines is 2. The van der Waals surface area contributed by atoms with E-state index in [1.54, 1.807) is 0 Å². The van der Waals surface area contributed by atoms with E-state index in [1.165, 1.54) is 95.5 Å². The molecule has 1 N–H and O–H groups in total. The van der Waals surface area contributed by atoms with Gasteiger partial charge in [-0.2, -0.15) is 0 Å². The minimum absolute atomic E-state index is 0.0767. The normalized spacial score (nSPS) is 12.9. The third-order valence-corrected chi connectivity index (χ3v) is 14.8. The fourth-order valence-corrected chi connectivity index (χ4v) is 12.0. The Balaban J connectivity index is 1.12. The maximum absolute atomic E-state index is 6.51. The van der Waals surface area contributed by atoms with Crippen LogP contribution in [-0.4, -0.2) is 11.8 Å². The van der Waals surface area contributed by atoms with E-state index in [1.807, 2.05) is 22.7 Å². The number of hydrogen-bond donors (Lipinski definition) is 1. The number of nitrogens with zero attached hydrogens (tertiary/aromatic N) is 1. The molecule has 0 unspecified atom stereocenters. The van der Waals surface area contributed by atoms with Crippen molar-refractivity contribution in [2.75, 3.05) is 5.32 Å². The van der Waals surface area contributed by atoms with Crippen LogP contribution in [0.2, 0.25) is 0 Å². The molecule has 0 saturated carbocycles. The summed E-state index contributed by atoms with van der Waals surface area (Å²) in [7, 11) is 0.837. The molecular weight excluding hydrogens is 744 g/mol. The highest BCUT2D eigenvalue weighted by Gasteiger charge is 2.29. The third kappa shape index (κ3) is 4.61. The van der Waals surface area contributed by atoms with Crippen LogP contribution in [0.1, 0.15) is 26.3 Å². The van der Waals surface area contributed by atoms with Crippen molar-refractivity contribution in [1.29, 1.82) is 0 Å². The predicted octanol–water partition coefficient (Wildman–Crippen LogP) is 13.8. The Morgan fingerprint density at radius 2 is 1.22 bits per heavy atom. The molecule has 0 fully saturated rings. The topological polar surface area (TPSA) is 30.1 Å². The summed E-state index contributed by atoms with van der Waals surface area (Å²) in [6, 6.07) is 54.3. The van der Waals surface area contributed by atoms with Crippen LogP contribution in [-0.2, 0) is 5.41 Å². The molecule has 1 aliphatic rings. The van der Waals surface area contributed by atoms with Crippen LogP contribution in [0.4, 0.5) is 11.4 Å². The van der Waals surface area contributed by atoms with Gasteiger partial charge in [0.1, 0.15) is 11.2 Å². The number of para-hydroxylation sites is 1. The van der Waals surface area contributed by atoms with Gasteiger partial charge in [0, 0.05) is 90.4 Å². The Morgan fingerprint density at radius 3 is 1.98 bits per heavy atom. The van der Waals surface area contributed by atoms with Gasteiger partial charge in [-0.1, -0.05) is 105 Å². The monoisotopic (exact) mass is 778 g/mol. The number of hydrogen-bond acceptors (Lipinski definition) is 4. The fourth-order valence-electron chi connectivity index (χ4n) is 9.72. The van der Waals surface area contributed by atoms with Gasteiger partial charge in [0.05, 0.1) is 11.2 Å². The van der Waals surface area contributed by atoms with E-state index in [2.05, 4.69) is 176 Å². The first-order valence-corrected chi connectivity index (χ1v) is 21.7. The molecule has 8 aromatic carbocycles. The van der Waals surface area contributed by atoms with E-state index < -0.39 is 0 Å². The highest BCUT2D eigenvalue weighted by atomic mass is 32.1. The number of fused-ring (bicyclic) bond motifs is 14. The number of nitrogens with one attached hydrogen (secondary N) is 1. The molecule has 0 bridgehead atoms. The largest absolute Gasteiger partial charge is 0.456 e. The highest BCUT2D eigenvalue weighted by molar-refractivity contribution is 7.26. The van der Waals surface area contributed by atoms with Crippen LogP contribution in [0.15, 0.2) is 150 Å². The lowest BCUT2D eigenvalue weighted by atomic mass is 9.59. The van der Waals surface area contributed by atoms with Crippen molar-refractivity contribution < 1.29 is 4.42 Å². The fraction of sp³-hybridized carbons (Fsp3) is 0.0769. The van der Waals surface area contributed by atoms with Crippen LogP contribution in [0.3, 0.4) is 0 Å². The highest BCUT2D eigenvalue weighted by Crippen LogP contribution is 2.45. The average molecular weight is 779 g/mol. The number of rotatable bonds is 3. The zero-order valence-corrected chi connectivity index (χ0v) is 33.9. The first-order chi connectivity index (χ1) is 28.3. The molecule has 0 amide bonds. The average Bonchev–Trinajstić information content (AvgIpc) is 3.98. The van der Waals surface area contributed by atoms with Gasteiger partial charge in [0.2, 0.25) is 0 Å². The molecule has 4 aromatic heterocycles. The molecular formula is C52H35BN2OS2. The molecule has 58 heavy (non-hydrogen) atoms. The van der Waals surface area contributed by atoms with Crippen molar-refractivity contribution in [2.24, 2.45) is 0 Å². The summed E-state index contributed by atoms with van der Waals surface area (Å²) in [5, 5.41) is 14.0. The Kier molecular flexibility index (Phi) is 6.56. The standard InChI is InChI=1S/C52H35BN2OS2/c1-52(2,3)28-16-18-29(19-17-28)54-41-27-45-37(30-10-4-7-13-44(30)56-45)22-35(41)33-20-21-34-36-25-48-38(31-11-5-8-14-46(31)57-48)23-42(36)55-43-24-39-32-12-6-9-15-47(32)58-49(39)26-40(43)53-50(33)51(34)55/h4-27,53-54H,1-3H3. The van der Waals surface area contributed by atoms with Crippen molar-refractivity contribution in [3.05, 3.63) is 151 Å². The summed E-state index contributed by atoms with van der Waals surface area (Å²) in [5.41, 5.74) is 14.2. The van der Waals surface area contributed by atoms with Crippen molar-refractivity contribution in [1.82, 2.24) is 4.57 Å². The van der Waals surface area contributed by atoms with Crippen molar-refractivity contribution in [3.63, 3.8) is 0 Å². The van der Waals surface area contributed by atoms with Gasteiger partial charge < -0.3 is 14.3 Å². The number of aromatic nitrogens is 1. The van der Waals surface area contributed by atoms with Gasteiger partial charge in [-0.25, -0.2) is 0 Å². The zero-order chi connectivity index (χ0) is 38.4. The Bertz CT molecular complexity index is 3720. The number of thiophene rings is 2. The van der Waals surface area contributed by atoms with E-state index in [0.717, 1.165) is 40.6 Å². The van der Waals surface area contributed by atoms with Crippen molar-refractivity contribution in [3.8, 4) is 16.8 Å². The van der Waals surface area contributed by atoms with E-state index >= 15 is 0 Å². The van der Waals surface area contributed by atoms with E-state index in [0.29, 0.717) is 0 Å². The minimum atomic E-state index is 0.0767. The molecule has 5 heterocycles. The maximum Gasteiger partial charge on any atom is 0.198 e. The van der Waals surface area contributed by atoms with Crippen molar-refractivity contribution in [2.45, 2.75) is 26.2 Å². The lowest BCUT2D eigenvalue weighted by Gasteiger charge is -2.24. The third-order valence-electron chi connectivity index (χ3n) is 12.6. The SMILES string of the molecule is CC(C)(C)c1ccc(Nc2cc3oc4ccccc4c3cc2-c2ccc3c4cc5sc6ccccc6c5cc4n4c3c2Bc2cc3sc5ccccc5c3cc2-4)cc1. The molecule has 0 spiro atoms. The molecule has 0 saturated heterocycles. The second kappa shape index (κ2) is 11.6. The predicted molar refractivity (Wildman–Crippen MR) is 254 cm³/mol. The van der Waals surface area contributed by atoms with Gasteiger partial charge >= 0.3 is 0 Å². The summed E-state index contributed by atoms with van der Waals surface area (Å²) in [6.07, 6.45) is 0. The summed E-state index contributed by atoms with van der Waals surface area (Å²) >= 11 is 3.79. The Labute approximate surface area is 343 Å². The molecule has 0 radical (unpaired) electrons. The smallest absolute Gasteiger partial charge is 0.198 e. The van der Waals surface area contributed by atoms with Crippen LogP contribution in [0, 0.1) is 0 Å². The van der Waals surface area contributed by atoms with Gasteiger partial charge in [-0.3, -0.25) is 0 Å². The van der Waals surface area contributed by atoms with Crippen molar-refractivity contribution >= 4 is 136 Å². The molecule has 12 aromatic rings. The van der Waals surface area contributed by atoms with Gasteiger partial charge in [-0.15, -0.1) is 22.7 Å². The number of benzene rings is 8. The van der Waals surface area contributed by atoms with Crippen LogP contribution in [0.25, 0.3) is 101 Å².